The fourth-order valence-electron chi connectivity index (χ4n) is 5.40. The molecule has 0 spiro atoms. The molecule has 0 aliphatic heterocycles. The maximum atomic E-state index is 12.4. The van der Waals surface area contributed by atoms with Crippen molar-refractivity contribution in [3.8, 4) is 0 Å². The van der Waals surface area contributed by atoms with Gasteiger partial charge in [0.05, 0.1) is 6.61 Å². The van der Waals surface area contributed by atoms with Gasteiger partial charge in [0, 0.05) is 12.8 Å². The summed E-state index contributed by atoms with van der Waals surface area (Å²) in [7, 11) is -4.76. The topological polar surface area (TPSA) is 119 Å². The lowest BCUT2D eigenvalue weighted by atomic mass is 10.1. The lowest BCUT2D eigenvalue weighted by Crippen LogP contribution is -2.29. The third-order valence-corrected chi connectivity index (χ3v) is 8.87. The van der Waals surface area contributed by atoms with Crippen molar-refractivity contribution in [1.29, 1.82) is 0 Å². The molecule has 1 atom stereocenters. The molecule has 286 valence electrons. The lowest BCUT2D eigenvalue weighted by molar-refractivity contribution is -0.161. The monoisotopic (exact) mass is 713 g/mol. The SMILES string of the molecule is CCCCC/C=C\C/C=C\CCCCCCCC(=O)OC(COC(=O)CCCCCCC/C=C\CCCCCCCCC)COP(=O)(O)O. The van der Waals surface area contributed by atoms with Gasteiger partial charge in [-0.05, 0) is 70.6 Å². The molecule has 8 nitrogen and oxygen atoms in total. The van der Waals surface area contributed by atoms with E-state index >= 15 is 0 Å². The van der Waals surface area contributed by atoms with Crippen molar-refractivity contribution in [2.24, 2.45) is 0 Å². The van der Waals surface area contributed by atoms with Crippen LogP contribution in [-0.4, -0.2) is 41.0 Å². The molecule has 0 heterocycles. The summed E-state index contributed by atoms with van der Waals surface area (Å²) in [5.74, 6) is -0.909. The van der Waals surface area contributed by atoms with Crippen LogP contribution in [0.1, 0.15) is 187 Å². The van der Waals surface area contributed by atoms with E-state index in [1.54, 1.807) is 0 Å². The first-order valence-electron chi connectivity index (χ1n) is 19.8. The molecular formula is C40H73O8P. The van der Waals surface area contributed by atoms with Crippen molar-refractivity contribution < 1.29 is 37.9 Å². The summed E-state index contributed by atoms with van der Waals surface area (Å²) in [4.78, 5) is 42.7. The Bertz CT molecular complexity index is 895. The molecule has 0 fully saturated rings. The van der Waals surface area contributed by atoms with Crippen LogP contribution in [0.15, 0.2) is 36.5 Å². The van der Waals surface area contributed by atoms with Crippen molar-refractivity contribution >= 4 is 19.8 Å². The zero-order valence-electron chi connectivity index (χ0n) is 31.3. The maximum Gasteiger partial charge on any atom is 0.469 e. The number of allylic oxidation sites excluding steroid dienone is 6. The lowest BCUT2D eigenvalue weighted by Gasteiger charge is -2.18. The molecular weight excluding hydrogens is 639 g/mol. The Balaban J connectivity index is 3.98. The smallest absolute Gasteiger partial charge is 0.462 e. The van der Waals surface area contributed by atoms with Crippen molar-refractivity contribution in [3.05, 3.63) is 36.5 Å². The fraction of sp³-hybridized carbons (Fsp3) is 0.800. The van der Waals surface area contributed by atoms with E-state index < -0.39 is 32.5 Å². The average Bonchev–Trinajstić information content (AvgIpc) is 3.07. The van der Waals surface area contributed by atoms with E-state index in [9.17, 15) is 14.2 Å². The summed E-state index contributed by atoms with van der Waals surface area (Å²) in [5, 5.41) is 0. The minimum absolute atomic E-state index is 0.194. The third-order valence-electron chi connectivity index (χ3n) is 8.38. The number of rotatable bonds is 36. The Kier molecular flexibility index (Phi) is 34.8. The maximum absolute atomic E-state index is 12.4. The summed E-state index contributed by atoms with van der Waals surface area (Å²) < 4.78 is 26.3. The Morgan fingerprint density at radius 1 is 0.531 bits per heavy atom. The molecule has 2 N–H and O–H groups in total. The van der Waals surface area contributed by atoms with Gasteiger partial charge >= 0.3 is 19.8 Å². The van der Waals surface area contributed by atoms with Crippen LogP contribution in [0, 0.1) is 0 Å². The molecule has 0 saturated heterocycles. The number of ether oxygens (including phenoxy) is 2. The van der Waals surface area contributed by atoms with Crippen LogP contribution in [0.5, 0.6) is 0 Å². The Morgan fingerprint density at radius 2 is 0.918 bits per heavy atom. The summed E-state index contributed by atoms with van der Waals surface area (Å²) >= 11 is 0. The van der Waals surface area contributed by atoms with Gasteiger partial charge in [-0.15, -0.1) is 0 Å². The quantitative estimate of drug-likeness (QED) is 0.0285. The van der Waals surface area contributed by atoms with Crippen LogP contribution in [-0.2, 0) is 28.2 Å². The van der Waals surface area contributed by atoms with Gasteiger partial charge in [-0.3, -0.25) is 14.1 Å². The molecule has 0 aliphatic carbocycles. The van der Waals surface area contributed by atoms with Crippen molar-refractivity contribution in [1.82, 2.24) is 0 Å². The highest BCUT2D eigenvalue weighted by Gasteiger charge is 2.22. The average molecular weight is 713 g/mol. The van der Waals surface area contributed by atoms with Gasteiger partial charge in [-0.2, -0.15) is 0 Å². The number of hydrogen-bond acceptors (Lipinski definition) is 6. The molecule has 0 aliphatic rings. The number of esters is 2. The van der Waals surface area contributed by atoms with Crippen LogP contribution in [0.4, 0.5) is 0 Å². The second kappa shape index (κ2) is 36.1. The van der Waals surface area contributed by atoms with E-state index in [1.807, 2.05) is 0 Å². The second-order valence-corrected chi connectivity index (χ2v) is 14.5. The summed E-state index contributed by atoms with van der Waals surface area (Å²) in [6.45, 7) is 3.63. The summed E-state index contributed by atoms with van der Waals surface area (Å²) in [6, 6.07) is 0. The zero-order valence-corrected chi connectivity index (χ0v) is 32.2. The van der Waals surface area contributed by atoms with Crippen molar-refractivity contribution in [3.63, 3.8) is 0 Å². The fourth-order valence-corrected chi connectivity index (χ4v) is 5.76. The first-order valence-corrected chi connectivity index (χ1v) is 21.3. The highest BCUT2D eigenvalue weighted by Crippen LogP contribution is 2.36. The van der Waals surface area contributed by atoms with Gasteiger partial charge in [-0.25, -0.2) is 4.57 Å². The Labute approximate surface area is 300 Å². The molecule has 0 rings (SSSR count). The van der Waals surface area contributed by atoms with Gasteiger partial charge in [0.15, 0.2) is 6.10 Å². The van der Waals surface area contributed by atoms with Crippen molar-refractivity contribution in [2.45, 2.75) is 193 Å². The van der Waals surface area contributed by atoms with Crippen LogP contribution in [0.3, 0.4) is 0 Å². The van der Waals surface area contributed by atoms with E-state index in [2.05, 4.69) is 54.8 Å². The van der Waals surface area contributed by atoms with Crippen LogP contribution in [0.2, 0.25) is 0 Å². The highest BCUT2D eigenvalue weighted by molar-refractivity contribution is 7.46. The molecule has 1 unspecified atom stereocenters. The predicted molar refractivity (Wildman–Crippen MR) is 202 cm³/mol. The number of phosphoric acid groups is 1. The Morgan fingerprint density at radius 3 is 1.41 bits per heavy atom. The molecule has 9 heteroatoms. The minimum Gasteiger partial charge on any atom is -0.462 e. The van der Waals surface area contributed by atoms with Crippen LogP contribution in [0.25, 0.3) is 0 Å². The van der Waals surface area contributed by atoms with Gasteiger partial charge < -0.3 is 19.3 Å². The molecule has 0 saturated carbocycles. The largest absolute Gasteiger partial charge is 0.469 e. The predicted octanol–water partition coefficient (Wildman–Crippen LogP) is 11.8. The van der Waals surface area contributed by atoms with E-state index in [-0.39, 0.29) is 19.4 Å². The van der Waals surface area contributed by atoms with Gasteiger partial charge in [-0.1, -0.05) is 140 Å². The van der Waals surface area contributed by atoms with E-state index in [4.69, 9.17) is 19.3 Å². The minimum atomic E-state index is -4.76. The van der Waals surface area contributed by atoms with Crippen LogP contribution >= 0.6 is 7.82 Å². The van der Waals surface area contributed by atoms with E-state index in [0.717, 1.165) is 70.6 Å². The molecule has 0 bridgehead atoms. The molecule has 49 heavy (non-hydrogen) atoms. The van der Waals surface area contributed by atoms with E-state index in [0.29, 0.717) is 12.8 Å². The van der Waals surface area contributed by atoms with E-state index in [1.165, 1.54) is 77.0 Å². The first-order chi connectivity index (χ1) is 23.8. The van der Waals surface area contributed by atoms with Gasteiger partial charge in [0.1, 0.15) is 6.61 Å². The molecule has 0 aromatic carbocycles. The highest BCUT2D eigenvalue weighted by atomic mass is 31.2. The second-order valence-electron chi connectivity index (χ2n) is 13.2. The summed E-state index contributed by atoms with van der Waals surface area (Å²) in [5.41, 5.74) is 0. The zero-order chi connectivity index (χ0) is 36.1. The van der Waals surface area contributed by atoms with Gasteiger partial charge in [0.2, 0.25) is 0 Å². The van der Waals surface area contributed by atoms with Crippen LogP contribution < -0.4 is 0 Å². The van der Waals surface area contributed by atoms with Gasteiger partial charge in [0.25, 0.3) is 0 Å². The number of unbranched alkanes of at least 4 members (excludes halogenated alkanes) is 20. The molecule has 0 aromatic rings. The molecule has 0 amide bonds. The number of phosphoric ester groups is 1. The summed E-state index contributed by atoms with van der Waals surface area (Å²) in [6.07, 6.45) is 41.4. The number of carbonyl (C=O) groups is 2. The molecule has 0 aromatic heterocycles. The normalized spacial score (nSPS) is 12.8. The Hall–Kier alpha value is -1.73. The molecule has 0 radical (unpaired) electrons. The first kappa shape index (κ1) is 47.3. The standard InChI is InChI=1S/C40H73O8P/c1-3-5-7-9-11-13-15-17-19-21-22-24-26-28-30-32-34-39(41)46-36-38(37-47-49(43,44)45)48-40(42)35-33-31-29-27-25-23-20-18-16-14-12-10-8-6-4-2/h12,14,18-21,38H,3-11,13,15-17,22-37H2,1-2H3,(H2,43,44,45)/b14-12-,20-18-,21-19-. The van der Waals surface area contributed by atoms with Crippen molar-refractivity contribution in [2.75, 3.05) is 13.2 Å². The number of carbonyl (C=O) groups excluding carboxylic acids is 2. The number of hydrogen-bond donors (Lipinski definition) is 2. The third kappa shape index (κ3) is 38.9.